The molecule has 0 aromatic carbocycles. The van der Waals surface area contributed by atoms with E-state index in [4.69, 9.17) is 17.3 Å². The number of carbonyl (C=O) groups excluding carboxylic acids is 1. The van der Waals surface area contributed by atoms with Crippen LogP contribution in [0.2, 0.25) is 5.15 Å². The molecule has 18 heavy (non-hydrogen) atoms. The van der Waals surface area contributed by atoms with Crippen molar-refractivity contribution >= 4 is 29.0 Å². The van der Waals surface area contributed by atoms with E-state index >= 15 is 0 Å². The SMILES string of the molecule is CCN(CC(=O)NC(C)C)c1nc(Cl)ccc1N. The van der Waals surface area contributed by atoms with E-state index in [9.17, 15) is 4.79 Å². The smallest absolute Gasteiger partial charge is 0.239 e. The topological polar surface area (TPSA) is 71.2 Å². The van der Waals surface area contributed by atoms with Gasteiger partial charge in [-0.3, -0.25) is 4.79 Å². The fourth-order valence-electron chi connectivity index (χ4n) is 1.57. The van der Waals surface area contributed by atoms with Gasteiger partial charge in [-0.05, 0) is 32.9 Å². The van der Waals surface area contributed by atoms with E-state index in [1.165, 1.54) is 0 Å². The van der Waals surface area contributed by atoms with Crippen LogP contribution in [0.15, 0.2) is 12.1 Å². The number of nitrogens with two attached hydrogens (primary N) is 1. The van der Waals surface area contributed by atoms with E-state index in [2.05, 4.69) is 10.3 Å². The lowest BCUT2D eigenvalue weighted by Gasteiger charge is -2.23. The summed E-state index contributed by atoms with van der Waals surface area (Å²) < 4.78 is 0. The molecule has 1 aromatic rings. The van der Waals surface area contributed by atoms with Crippen molar-refractivity contribution in [2.75, 3.05) is 23.7 Å². The van der Waals surface area contributed by atoms with Crippen LogP contribution in [0.1, 0.15) is 20.8 Å². The fourth-order valence-corrected chi connectivity index (χ4v) is 1.71. The summed E-state index contributed by atoms with van der Waals surface area (Å²) in [5, 5.41) is 3.19. The van der Waals surface area contributed by atoms with Crippen LogP contribution >= 0.6 is 11.6 Å². The molecule has 0 aliphatic heterocycles. The number of nitrogens with zero attached hydrogens (tertiary/aromatic N) is 2. The molecular weight excluding hydrogens is 252 g/mol. The maximum Gasteiger partial charge on any atom is 0.239 e. The number of carbonyl (C=O) groups is 1. The Morgan fingerprint density at radius 1 is 1.56 bits per heavy atom. The Hall–Kier alpha value is -1.49. The molecule has 0 unspecified atom stereocenters. The van der Waals surface area contributed by atoms with Crippen molar-refractivity contribution in [3.05, 3.63) is 17.3 Å². The lowest BCUT2D eigenvalue weighted by Crippen LogP contribution is -2.40. The van der Waals surface area contributed by atoms with Crippen LogP contribution in [-0.2, 0) is 4.79 Å². The number of anilines is 2. The Balaban J connectivity index is 2.83. The standard InChI is InChI=1S/C12H19ClN4O/c1-4-17(7-11(18)15-8(2)3)12-9(14)5-6-10(13)16-12/h5-6,8H,4,7,14H2,1-3H3,(H,15,18). The highest BCUT2D eigenvalue weighted by atomic mass is 35.5. The molecular formula is C12H19ClN4O. The number of hydrogen-bond donors (Lipinski definition) is 2. The highest BCUT2D eigenvalue weighted by molar-refractivity contribution is 6.29. The van der Waals surface area contributed by atoms with Crippen molar-refractivity contribution in [2.24, 2.45) is 0 Å². The van der Waals surface area contributed by atoms with Gasteiger partial charge in [-0.1, -0.05) is 11.6 Å². The largest absolute Gasteiger partial charge is 0.396 e. The molecule has 0 bridgehead atoms. The van der Waals surface area contributed by atoms with Gasteiger partial charge in [-0.25, -0.2) is 4.98 Å². The van der Waals surface area contributed by atoms with Crippen LogP contribution in [0.25, 0.3) is 0 Å². The van der Waals surface area contributed by atoms with Crippen molar-refractivity contribution in [1.82, 2.24) is 10.3 Å². The Bertz CT molecular complexity index is 423. The Morgan fingerprint density at radius 3 is 2.78 bits per heavy atom. The number of aromatic nitrogens is 1. The van der Waals surface area contributed by atoms with E-state index in [0.717, 1.165) is 0 Å². The van der Waals surface area contributed by atoms with Crippen molar-refractivity contribution < 1.29 is 4.79 Å². The average Bonchev–Trinajstić information content (AvgIpc) is 2.28. The van der Waals surface area contributed by atoms with Gasteiger partial charge in [0.1, 0.15) is 5.15 Å². The first-order valence-electron chi connectivity index (χ1n) is 5.90. The first-order valence-corrected chi connectivity index (χ1v) is 6.28. The second-order valence-corrected chi connectivity index (χ2v) is 4.67. The summed E-state index contributed by atoms with van der Waals surface area (Å²) in [6, 6.07) is 3.43. The predicted molar refractivity (Wildman–Crippen MR) is 74.8 cm³/mol. The number of nitrogens with one attached hydrogen (secondary N) is 1. The highest BCUT2D eigenvalue weighted by Gasteiger charge is 2.14. The minimum absolute atomic E-state index is 0.0620. The van der Waals surface area contributed by atoms with Crippen molar-refractivity contribution in [3.63, 3.8) is 0 Å². The number of rotatable bonds is 5. The molecule has 3 N–H and O–H groups in total. The van der Waals surface area contributed by atoms with E-state index in [0.29, 0.717) is 23.2 Å². The molecule has 0 fully saturated rings. The lowest BCUT2D eigenvalue weighted by molar-refractivity contribution is -0.120. The second kappa shape index (κ2) is 6.44. The molecule has 0 spiro atoms. The fraction of sp³-hybridized carbons (Fsp3) is 0.500. The summed E-state index contributed by atoms with van der Waals surface area (Å²) in [5.74, 6) is 0.483. The molecule has 1 rings (SSSR count). The van der Waals surface area contributed by atoms with Gasteiger partial charge in [0.2, 0.25) is 5.91 Å². The zero-order chi connectivity index (χ0) is 13.7. The Labute approximate surface area is 112 Å². The molecule has 1 heterocycles. The quantitative estimate of drug-likeness (QED) is 0.799. The third-order valence-corrected chi connectivity index (χ3v) is 2.55. The van der Waals surface area contributed by atoms with E-state index in [-0.39, 0.29) is 18.5 Å². The average molecular weight is 271 g/mol. The summed E-state index contributed by atoms with van der Waals surface area (Å²) >= 11 is 5.84. The van der Waals surface area contributed by atoms with Crippen molar-refractivity contribution in [3.8, 4) is 0 Å². The van der Waals surface area contributed by atoms with Gasteiger partial charge in [0, 0.05) is 12.6 Å². The summed E-state index contributed by atoms with van der Waals surface area (Å²) in [6.07, 6.45) is 0. The van der Waals surface area contributed by atoms with Crippen LogP contribution in [0.3, 0.4) is 0 Å². The molecule has 5 nitrogen and oxygen atoms in total. The van der Waals surface area contributed by atoms with Crippen LogP contribution in [0.5, 0.6) is 0 Å². The molecule has 1 amide bonds. The van der Waals surface area contributed by atoms with Crippen LogP contribution in [0.4, 0.5) is 11.5 Å². The van der Waals surface area contributed by atoms with Crippen LogP contribution < -0.4 is 16.0 Å². The van der Waals surface area contributed by atoms with Crippen LogP contribution in [-0.4, -0.2) is 30.0 Å². The van der Waals surface area contributed by atoms with Gasteiger partial charge in [-0.15, -0.1) is 0 Å². The number of halogens is 1. The monoisotopic (exact) mass is 270 g/mol. The number of amides is 1. The molecule has 0 saturated carbocycles. The number of nitrogen functional groups attached to an aromatic ring is 1. The maximum atomic E-state index is 11.7. The molecule has 0 aliphatic rings. The first-order chi connectivity index (χ1) is 8.43. The molecule has 0 radical (unpaired) electrons. The zero-order valence-corrected chi connectivity index (χ0v) is 11.7. The van der Waals surface area contributed by atoms with Crippen molar-refractivity contribution in [1.29, 1.82) is 0 Å². The molecule has 100 valence electrons. The van der Waals surface area contributed by atoms with Gasteiger partial charge < -0.3 is 16.0 Å². The third-order valence-electron chi connectivity index (χ3n) is 2.34. The summed E-state index contributed by atoms with van der Waals surface area (Å²) in [5.41, 5.74) is 6.36. The predicted octanol–water partition coefficient (Wildman–Crippen LogP) is 1.67. The molecule has 0 aliphatic carbocycles. The van der Waals surface area contributed by atoms with E-state index in [1.54, 1.807) is 17.0 Å². The molecule has 1 aromatic heterocycles. The molecule has 6 heteroatoms. The Kier molecular flexibility index (Phi) is 5.22. The lowest BCUT2D eigenvalue weighted by atomic mass is 10.3. The highest BCUT2D eigenvalue weighted by Crippen LogP contribution is 2.22. The molecule has 0 saturated heterocycles. The Morgan fingerprint density at radius 2 is 2.22 bits per heavy atom. The minimum atomic E-state index is -0.0620. The normalized spacial score (nSPS) is 10.5. The van der Waals surface area contributed by atoms with E-state index in [1.807, 2.05) is 20.8 Å². The van der Waals surface area contributed by atoms with Gasteiger partial charge >= 0.3 is 0 Å². The van der Waals surface area contributed by atoms with Crippen LogP contribution in [0, 0.1) is 0 Å². The second-order valence-electron chi connectivity index (χ2n) is 4.28. The summed E-state index contributed by atoms with van der Waals surface area (Å²) in [6.45, 7) is 6.61. The van der Waals surface area contributed by atoms with Gasteiger partial charge in [-0.2, -0.15) is 0 Å². The maximum absolute atomic E-state index is 11.7. The van der Waals surface area contributed by atoms with Gasteiger partial charge in [0.05, 0.1) is 12.2 Å². The summed E-state index contributed by atoms with van der Waals surface area (Å²) in [7, 11) is 0. The number of hydrogen-bond acceptors (Lipinski definition) is 4. The zero-order valence-electron chi connectivity index (χ0n) is 10.9. The van der Waals surface area contributed by atoms with Crippen molar-refractivity contribution in [2.45, 2.75) is 26.8 Å². The summed E-state index contributed by atoms with van der Waals surface area (Å²) in [4.78, 5) is 17.7. The van der Waals surface area contributed by atoms with Gasteiger partial charge in [0.25, 0.3) is 0 Å². The number of likely N-dealkylation sites (N-methyl/N-ethyl adjacent to an activating group) is 1. The first kappa shape index (κ1) is 14.6. The number of pyridine rings is 1. The minimum Gasteiger partial charge on any atom is -0.396 e. The molecule has 0 atom stereocenters. The van der Waals surface area contributed by atoms with E-state index < -0.39 is 0 Å². The third kappa shape index (κ3) is 4.07. The van der Waals surface area contributed by atoms with Gasteiger partial charge in [0.15, 0.2) is 5.82 Å².